The summed E-state index contributed by atoms with van der Waals surface area (Å²) in [6.45, 7) is 2.89. The van der Waals surface area contributed by atoms with Crippen LogP contribution in [0.1, 0.15) is 34.1 Å². The number of methoxy groups -OCH3 is 1. The van der Waals surface area contributed by atoms with Crippen LogP contribution in [0.25, 0.3) is 0 Å². The van der Waals surface area contributed by atoms with E-state index in [-0.39, 0.29) is 18.4 Å². The number of aromatic nitrogens is 2. The molecule has 33 heavy (non-hydrogen) atoms. The van der Waals surface area contributed by atoms with E-state index in [1.807, 2.05) is 31.2 Å². The molecule has 2 aromatic carbocycles. The third-order valence-electron chi connectivity index (χ3n) is 5.22. The van der Waals surface area contributed by atoms with Crippen molar-refractivity contribution in [3.8, 4) is 11.5 Å². The Hall–Kier alpha value is -3.46. The minimum atomic E-state index is -0.252. The summed E-state index contributed by atoms with van der Waals surface area (Å²) in [5, 5.41) is 10.4. The molecule has 0 bridgehead atoms. The predicted molar refractivity (Wildman–Crippen MR) is 128 cm³/mol. The van der Waals surface area contributed by atoms with Gasteiger partial charge in [-0.15, -0.1) is 0 Å². The molecular formula is C24H26N4O4S. The van der Waals surface area contributed by atoms with E-state index in [0.29, 0.717) is 30.3 Å². The lowest BCUT2D eigenvalue weighted by Gasteiger charge is -2.12. The van der Waals surface area contributed by atoms with E-state index in [9.17, 15) is 9.59 Å². The van der Waals surface area contributed by atoms with E-state index in [2.05, 4.69) is 15.7 Å². The molecule has 2 heterocycles. The molecule has 0 radical (unpaired) electrons. The number of nitrogens with one attached hydrogen (secondary N) is 2. The Morgan fingerprint density at radius 1 is 1.06 bits per heavy atom. The van der Waals surface area contributed by atoms with Crippen LogP contribution in [-0.4, -0.2) is 35.3 Å². The summed E-state index contributed by atoms with van der Waals surface area (Å²) in [7, 11) is 1.61. The lowest BCUT2D eigenvalue weighted by atomic mass is 10.2. The molecule has 2 N–H and O–H groups in total. The second-order valence-electron chi connectivity index (χ2n) is 7.46. The number of carbonyl (C=O) groups excluding carboxylic acids is 2. The fourth-order valence-electron chi connectivity index (χ4n) is 3.51. The van der Waals surface area contributed by atoms with Gasteiger partial charge in [-0.05, 0) is 48.9 Å². The molecule has 1 aliphatic rings. The first-order valence-electron chi connectivity index (χ1n) is 10.7. The number of benzene rings is 2. The van der Waals surface area contributed by atoms with Crippen LogP contribution in [0.15, 0.2) is 48.5 Å². The van der Waals surface area contributed by atoms with E-state index >= 15 is 0 Å². The van der Waals surface area contributed by atoms with Crippen molar-refractivity contribution >= 4 is 29.4 Å². The van der Waals surface area contributed by atoms with Crippen LogP contribution >= 0.6 is 11.8 Å². The Kier molecular flexibility index (Phi) is 7.19. The number of thioether (sulfide) groups is 1. The predicted octanol–water partition coefficient (Wildman–Crippen LogP) is 3.61. The van der Waals surface area contributed by atoms with E-state index in [1.54, 1.807) is 47.8 Å². The van der Waals surface area contributed by atoms with Gasteiger partial charge in [-0.2, -0.15) is 16.9 Å². The molecule has 0 saturated carbocycles. The van der Waals surface area contributed by atoms with Gasteiger partial charge in [-0.25, -0.2) is 4.68 Å². The Morgan fingerprint density at radius 2 is 1.79 bits per heavy atom. The van der Waals surface area contributed by atoms with E-state index < -0.39 is 0 Å². The van der Waals surface area contributed by atoms with Crippen molar-refractivity contribution in [1.29, 1.82) is 0 Å². The molecule has 8 nitrogen and oxygen atoms in total. The number of anilines is 1. The van der Waals surface area contributed by atoms with Crippen LogP contribution in [-0.2, 0) is 29.4 Å². The first-order valence-corrected chi connectivity index (χ1v) is 11.8. The maximum absolute atomic E-state index is 12.9. The lowest BCUT2D eigenvalue weighted by molar-refractivity contribution is -0.122. The van der Waals surface area contributed by atoms with Gasteiger partial charge < -0.3 is 20.1 Å². The summed E-state index contributed by atoms with van der Waals surface area (Å²) < 4.78 is 12.2. The lowest BCUT2D eigenvalue weighted by Crippen LogP contribution is -2.28. The Bertz CT molecular complexity index is 1130. The van der Waals surface area contributed by atoms with Gasteiger partial charge in [0.15, 0.2) is 0 Å². The number of carbonyl (C=O) groups is 2. The third kappa shape index (κ3) is 5.48. The van der Waals surface area contributed by atoms with Crippen LogP contribution in [0.3, 0.4) is 0 Å². The van der Waals surface area contributed by atoms with E-state index in [1.165, 1.54) is 0 Å². The third-order valence-corrected chi connectivity index (χ3v) is 6.19. The molecule has 3 aromatic rings. The normalized spacial score (nSPS) is 12.2. The first-order chi connectivity index (χ1) is 16.1. The second kappa shape index (κ2) is 10.4. The molecule has 0 spiro atoms. The quantitative estimate of drug-likeness (QED) is 0.500. The summed E-state index contributed by atoms with van der Waals surface area (Å²) in [4.78, 5) is 25.5. The molecule has 1 aliphatic heterocycles. The van der Waals surface area contributed by atoms with Crippen molar-refractivity contribution in [3.05, 3.63) is 70.9 Å². The summed E-state index contributed by atoms with van der Waals surface area (Å²) in [5.74, 6) is 3.14. The summed E-state index contributed by atoms with van der Waals surface area (Å²) in [6, 6.07) is 14.5. The number of hydrogen-bond acceptors (Lipinski definition) is 6. The molecule has 9 heteroatoms. The molecule has 4 rings (SSSR count). The zero-order chi connectivity index (χ0) is 23.2. The van der Waals surface area contributed by atoms with Crippen LogP contribution in [0.4, 0.5) is 5.82 Å². The summed E-state index contributed by atoms with van der Waals surface area (Å²) in [6.07, 6.45) is 0. The van der Waals surface area contributed by atoms with E-state index in [0.717, 1.165) is 34.1 Å². The molecule has 0 atom stereocenters. The maximum atomic E-state index is 12.9. The molecule has 0 unspecified atom stereocenters. The highest BCUT2D eigenvalue weighted by atomic mass is 32.2. The Labute approximate surface area is 196 Å². The SMILES string of the molecule is CCOc1ccc(C(=O)Nc2c3c(nn2CC(=O)NCc2ccc(OC)cc2)CSC3)cc1. The van der Waals surface area contributed by atoms with Gasteiger partial charge in [-0.1, -0.05) is 12.1 Å². The fraction of sp³-hybridized carbons (Fsp3) is 0.292. The molecular weight excluding hydrogens is 440 g/mol. The first kappa shape index (κ1) is 22.7. The van der Waals surface area contributed by atoms with Crippen LogP contribution in [0.2, 0.25) is 0 Å². The van der Waals surface area contributed by atoms with Gasteiger partial charge >= 0.3 is 0 Å². The Morgan fingerprint density at radius 3 is 2.48 bits per heavy atom. The minimum Gasteiger partial charge on any atom is -0.497 e. The molecule has 1 aromatic heterocycles. The summed E-state index contributed by atoms with van der Waals surface area (Å²) in [5.41, 5.74) is 3.36. The highest BCUT2D eigenvalue weighted by Gasteiger charge is 2.25. The zero-order valence-corrected chi connectivity index (χ0v) is 19.4. The van der Waals surface area contributed by atoms with Crippen molar-refractivity contribution < 1.29 is 19.1 Å². The number of fused-ring (bicyclic) bond motifs is 1. The van der Waals surface area contributed by atoms with Crippen molar-refractivity contribution in [2.75, 3.05) is 19.0 Å². The molecule has 0 fully saturated rings. The average molecular weight is 467 g/mol. The van der Waals surface area contributed by atoms with Crippen molar-refractivity contribution in [2.24, 2.45) is 0 Å². The van der Waals surface area contributed by atoms with Gasteiger partial charge in [0.1, 0.15) is 23.9 Å². The number of hydrogen-bond donors (Lipinski definition) is 2. The minimum absolute atomic E-state index is 0.0205. The van der Waals surface area contributed by atoms with Gasteiger partial charge in [0.25, 0.3) is 5.91 Å². The smallest absolute Gasteiger partial charge is 0.256 e. The standard InChI is InChI=1S/C24H26N4O4S/c1-3-32-19-10-6-17(7-11-19)24(30)26-23-20-14-33-15-21(20)27-28(23)13-22(29)25-12-16-4-8-18(31-2)9-5-16/h4-11H,3,12-15H2,1-2H3,(H,25,29)(H,26,30). The molecule has 0 aliphatic carbocycles. The van der Waals surface area contributed by atoms with Crippen molar-refractivity contribution in [3.63, 3.8) is 0 Å². The molecule has 172 valence electrons. The van der Waals surface area contributed by atoms with Gasteiger partial charge in [-0.3, -0.25) is 9.59 Å². The van der Waals surface area contributed by atoms with Gasteiger partial charge in [0, 0.05) is 29.2 Å². The maximum Gasteiger partial charge on any atom is 0.256 e. The monoisotopic (exact) mass is 466 g/mol. The fourth-order valence-corrected chi connectivity index (χ4v) is 4.54. The Balaban J connectivity index is 1.43. The zero-order valence-electron chi connectivity index (χ0n) is 18.6. The number of nitrogens with zero attached hydrogens (tertiary/aromatic N) is 2. The van der Waals surface area contributed by atoms with Gasteiger partial charge in [0.05, 0.1) is 19.4 Å². The summed E-state index contributed by atoms with van der Waals surface area (Å²) >= 11 is 1.74. The number of ether oxygens (including phenoxy) is 2. The molecule has 2 amide bonds. The van der Waals surface area contributed by atoms with Crippen LogP contribution in [0, 0.1) is 0 Å². The second-order valence-corrected chi connectivity index (χ2v) is 8.45. The number of amides is 2. The highest BCUT2D eigenvalue weighted by molar-refractivity contribution is 7.98. The van der Waals surface area contributed by atoms with Crippen molar-refractivity contribution in [2.45, 2.75) is 31.5 Å². The van der Waals surface area contributed by atoms with Crippen molar-refractivity contribution in [1.82, 2.24) is 15.1 Å². The van der Waals surface area contributed by atoms with E-state index in [4.69, 9.17) is 9.47 Å². The topological polar surface area (TPSA) is 94.5 Å². The highest BCUT2D eigenvalue weighted by Crippen LogP contribution is 2.35. The van der Waals surface area contributed by atoms with Gasteiger partial charge in [0.2, 0.25) is 5.91 Å². The van der Waals surface area contributed by atoms with Crippen LogP contribution in [0.5, 0.6) is 11.5 Å². The van der Waals surface area contributed by atoms with Crippen LogP contribution < -0.4 is 20.1 Å². The molecule has 0 saturated heterocycles. The average Bonchev–Trinajstić information content (AvgIpc) is 3.41. The number of rotatable bonds is 9. The largest absolute Gasteiger partial charge is 0.497 e.